The van der Waals surface area contributed by atoms with E-state index in [-0.39, 0.29) is 22.5 Å². The van der Waals surface area contributed by atoms with Crippen molar-refractivity contribution in [3.8, 4) is 0 Å². The van der Waals surface area contributed by atoms with Crippen LogP contribution in [0.3, 0.4) is 0 Å². The first-order valence-electron chi connectivity index (χ1n) is 13.3. The first-order valence-corrected chi connectivity index (χ1v) is 15.5. The molecule has 212 valence electrons. The molecule has 3 aromatic carbocycles. The van der Waals surface area contributed by atoms with Crippen molar-refractivity contribution in [1.29, 1.82) is 0 Å². The van der Waals surface area contributed by atoms with Crippen LogP contribution in [-0.2, 0) is 23.0 Å². The van der Waals surface area contributed by atoms with Gasteiger partial charge in [0.25, 0.3) is 21.6 Å². The summed E-state index contributed by atoms with van der Waals surface area (Å²) in [4.78, 5) is 23.4. The number of hydrogen-bond acceptors (Lipinski definition) is 7. The quantitative estimate of drug-likeness (QED) is 0.187. The summed E-state index contributed by atoms with van der Waals surface area (Å²) in [7, 11) is -3.63. The number of sulfonamides is 1. The van der Waals surface area contributed by atoms with Gasteiger partial charge < -0.3 is 10.6 Å². The van der Waals surface area contributed by atoms with E-state index in [4.69, 9.17) is 0 Å². The molecule has 0 aliphatic carbocycles. The summed E-state index contributed by atoms with van der Waals surface area (Å²) >= 11 is 1.13. The Morgan fingerprint density at radius 2 is 1.63 bits per heavy atom. The molecule has 1 saturated heterocycles. The lowest BCUT2D eigenvalue weighted by Crippen LogP contribution is -2.42. The summed E-state index contributed by atoms with van der Waals surface area (Å²) in [6, 6.07) is 27.5. The third-order valence-corrected chi connectivity index (χ3v) is 10.4. The van der Waals surface area contributed by atoms with Crippen LogP contribution in [0.25, 0.3) is 0 Å². The highest BCUT2D eigenvalue weighted by atomic mass is 32.2. The van der Waals surface area contributed by atoms with Crippen molar-refractivity contribution in [3.05, 3.63) is 123 Å². The molecule has 0 atom stereocenters. The molecule has 41 heavy (non-hydrogen) atoms. The van der Waals surface area contributed by atoms with Crippen molar-refractivity contribution < 1.29 is 18.1 Å². The molecule has 11 heteroatoms. The van der Waals surface area contributed by atoms with E-state index in [1.165, 1.54) is 39.7 Å². The molecule has 2 heterocycles. The molecule has 1 aliphatic rings. The highest BCUT2D eigenvalue weighted by Crippen LogP contribution is 2.28. The maximum Gasteiger partial charge on any atom is 0.269 e. The number of nitrogens with one attached hydrogen (secondary N) is 2. The largest absolute Gasteiger partial charge is 0.382 e. The molecule has 1 aliphatic heterocycles. The van der Waals surface area contributed by atoms with E-state index in [1.807, 2.05) is 30.3 Å². The van der Waals surface area contributed by atoms with Crippen LogP contribution < -0.4 is 10.6 Å². The number of nitrogens with zero attached hydrogens (tertiary/aromatic N) is 2. The summed E-state index contributed by atoms with van der Waals surface area (Å²) < 4.78 is 28.4. The van der Waals surface area contributed by atoms with Crippen molar-refractivity contribution in [2.75, 3.05) is 18.4 Å². The molecular weight excluding hydrogens is 560 g/mol. The number of nitro groups is 1. The van der Waals surface area contributed by atoms with Crippen molar-refractivity contribution >= 4 is 38.6 Å². The number of carbonyl (C=O) groups is 1. The van der Waals surface area contributed by atoms with Gasteiger partial charge in [0.15, 0.2) is 0 Å². The predicted octanol–water partition coefficient (Wildman–Crippen LogP) is 5.44. The molecule has 1 aromatic heterocycles. The highest BCUT2D eigenvalue weighted by molar-refractivity contribution is 7.91. The van der Waals surface area contributed by atoms with E-state index >= 15 is 0 Å². The zero-order valence-electron chi connectivity index (χ0n) is 22.2. The lowest BCUT2D eigenvalue weighted by Gasteiger charge is -2.31. The van der Waals surface area contributed by atoms with Crippen LogP contribution in [0, 0.1) is 10.1 Å². The lowest BCUT2D eigenvalue weighted by molar-refractivity contribution is -0.384. The summed E-state index contributed by atoms with van der Waals surface area (Å²) in [5.74, 6) is -0.391. The van der Waals surface area contributed by atoms with E-state index in [2.05, 4.69) is 34.9 Å². The fourth-order valence-corrected chi connectivity index (χ4v) is 7.72. The third-order valence-electron chi connectivity index (χ3n) is 7.00. The zero-order valence-corrected chi connectivity index (χ0v) is 23.9. The zero-order chi connectivity index (χ0) is 28.8. The minimum Gasteiger partial charge on any atom is -0.382 e. The number of thiophene rings is 1. The van der Waals surface area contributed by atoms with E-state index < -0.39 is 20.9 Å². The Balaban J connectivity index is 1.12. The van der Waals surface area contributed by atoms with Gasteiger partial charge in [0, 0.05) is 47.4 Å². The molecule has 0 bridgehead atoms. The molecular formula is C30H30N4O5S2. The van der Waals surface area contributed by atoms with E-state index in [1.54, 1.807) is 12.1 Å². The minimum absolute atomic E-state index is 0.0949. The maximum absolute atomic E-state index is 13.3. The van der Waals surface area contributed by atoms with Gasteiger partial charge in [-0.2, -0.15) is 4.31 Å². The number of amides is 1. The van der Waals surface area contributed by atoms with Gasteiger partial charge in [0.2, 0.25) is 0 Å². The number of hydrogen-bond donors (Lipinski definition) is 2. The molecule has 1 amide bonds. The van der Waals surface area contributed by atoms with Crippen molar-refractivity contribution in [2.24, 2.45) is 0 Å². The molecule has 0 unspecified atom stereocenters. The maximum atomic E-state index is 13.3. The van der Waals surface area contributed by atoms with Gasteiger partial charge >= 0.3 is 0 Å². The molecule has 4 aromatic rings. The Hall–Kier alpha value is -4.06. The second-order valence-electron chi connectivity index (χ2n) is 9.89. The van der Waals surface area contributed by atoms with Gasteiger partial charge in [-0.25, -0.2) is 8.42 Å². The Morgan fingerprint density at radius 1 is 0.927 bits per heavy atom. The van der Waals surface area contributed by atoms with Gasteiger partial charge in [0.05, 0.1) is 11.5 Å². The predicted molar refractivity (Wildman–Crippen MR) is 160 cm³/mol. The molecule has 5 rings (SSSR count). The van der Waals surface area contributed by atoms with Crippen LogP contribution in [0.4, 0.5) is 11.4 Å². The van der Waals surface area contributed by atoms with Gasteiger partial charge in [-0.1, -0.05) is 42.5 Å². The summed E-state index contributed by atoms with van der Waals surface area (Å²) in [5.41, 5.74) is 3.71. The van der Waals surface area contributed by atoms with E-state index in [9.17, 15) is 23.3 Å². The average molecular weight is 591 g/mol. The van der Waals surface area contributed by atoms with Crippen LogP contribution in [0.1, 0.15) is 39.2 Å². The monoisotopic (exact) mass is 590 g/mol. The summed E-state index contributed by atoms with van der Waals surface area (Å²) in [6.07, 6.45) is 2.26. The molecule has 0 spiro atoms. The van der Waals surface area contributed by atoms with Gasteiger partial charge in [-0.3, -0.25) is 14.9 Å². The third kappa shape index (κ3) is 7.18. The fraction of sp³-hybridized carbons (Fsp3) is 0.233. The molecule has 9 nitrogen and oxygen atoms in total. The number of benzene rings is 3. The lowest BCUT2D eigenvalue weighted by atomic mass is 10.0. The van der Waals surface area contributed by atoms with E-state index in [0.29, 0.717) is 36.4 Å². The van der Waals surface area contributed by atoms with Crippen molar-refractivity contribution in [2.45, 2.75) is 36.1 Å². The SMILES string of the molecule is O=C(NCc1ccc(S(=O)(=O)N2CCC(Nc3cccc(Cc4ccccc4)c3)CC2)s1)c1ccc([N+](=O)[O-])cc1. The van der Waals surface area contributed by atoms with Gasteiger partial charge in [0.1, 0.15) is 4.21 Å². The normalized spacial score (nSPS) is 14.4. The Labute approximate surface area is 243 Å². The smallest absolute Gasteiger partial charge is 0.269 e. The van der Waals surface area contributed by atoms with Crippen LogP contribution in [-0.4, -0.2) is 42.7 Å². The number of carbonyl (C=O) groups excluding carboxylic acids is 1. The Bertz CT molecular complexity index is 1610. The second-order valence-corrected chi connectivity index (χ2v) is 13.2. The highest BCUT2D eigenvalue weighted by Gasteiger charge is 2.30. The molecule has 0 saturated carbocycles. The fourth-order valence-electron chi connectivity index (χ4n) is 4.80. The first kappa shape index (κ1) is 28.5. The average Bonchev–Trinajstić information content (AvgIpc) is 3.47. The van der Waals surface area contributed by atoms with Crippen molar-refractivity contribution in [3.63, 3.8) is 0 Å². The van der Waals surface area contributed by atoms with Crippen LogP contribution in [0.2, 0.25) is 0 Å². The van der Waals surface area contributed by atoms with Gasteiger partial charge in [-0.05, 0) is 66.8 Å². The molecule has 0 radical (unpaired) electrons. The Morgan fingerprint density at radius 3 is 2.34 bits per heavy atom. The standard InChI is InChI=1S/C30H30N4O5S2/c35-30(24-9-11-27(12-10-24)34(36)37)31-21-28-13-14-29(40-28)41(38,39)33-17-15-25(16-18-33)32-26-8-4-7-23(20-26)19-22-5-2-1-3-6-22/h1-14,20,25,32H,15-19,21H2,(H,31,35). The second kappa shape index (κ2) is 12.6. The molecule has 2 N–H and O–H groups in total. The first-order chi connectivity index (χ1) is 19.8. The number of nitro benzene ring substituents is 1. The minimum atomic E-state index is -3.63. The molecule has 1 fully saturated rings. The number of rotatable bonds is 10. The van der Waals surface area contributed by atoms with Crippen LogP contribution in [0.15, 0.2) is 95.2 Å². The summed E-state index contributed by atoms with van der Waals surface area (Å²) in [5, 5.41) is 17.1. The van der Waals surface area contributed by atoms with Crippen molar-refractivity contribution in [1.82, 2.24) is 9.62 Å². The Kier molecular flexibility index (Phi) is 8.77. The topological polar surface area (TPSA) is 122 Å². The van der Waals surface area contributed by atoms with Gasteiger partial charge in [-0.15, -0.1) is 11.3 Å². The number of non-ortho nitro benzene ring substituents is 1. The number of anilines is 1. The summed E-state index contributed by atoms with van der Waals surface area (Å²) in [6.45, 7) is 1.01. The van der Waals surface area contributed by atoms with E-state index in [0.717, 1.165) is 23.4 Å². The van der Waals surface area contributed by atoms with Crippen LogP contribution >= 0.6 is 11.3 Å². The number of piperidine rings is 1. The van der Waals surface area contributed by atoms with Crippen LogP contribution in [0.5, 0.6) is 0 Å².